The molecule has 1 rings (SSSR count). The van der Waals surface area contributed by atoms with Crippen LogP contribution >= 0.6 is 11.6 Å². The molecule has 0 aromatic heterocycles. The molecule has 0 fully saturated rings. The normalized spacial score (nSPS) is 11.9. The van der Waals surface area contributed by atoms with Crippen LogP contribution in [0.3, 0.4) is 0 Å². The Bertz CT molecular complexity index is 389. The van der Waals surface area contributed by atoms with Crippen molar-refractivity contribution < 1.29 is 4.74 Å². The molecule has 16 heavy (non-hydrogen) atoms. The van der Waals surface area contributed by atoms with Crippen molar-refractivity contribution in [1.29, 1.82) is 5.26 Å². The Morgan fingerprint density at radius 2 is 2.00 bits per heavy atom. The largest absolute Gasteiger partial charge is 0.493 e. The molecule has 0 aliphatic rings. The first-order valence-corrected chi connectivity index (χ1v) is 5.47. The van der Waals surface area contributed by atoms with E-state index in [-0.39, 0.29) is 0 Å². The average molecular weight is 239 g/mol. The maximum absolute atomic E-state index is 8.51. The fraction of sp³-hybridized carbons (Fsp3) is 0.417. The van der Waals surface area contributed by atoms with Gasteiger partial charge in [0, 0.05) is 11.4 Å². The number of hydrogen-bond donors (Lipinski definition) is 1. The zero-order chi connectivity index (χ0) is 12.1. The second-order valence-electron chi connectivity index (χ2n) is 3.74. The van der Waals surface area contributed by atoms with E-state index in [0.29, 0.717) is 13.0 Å². The molecular weight excluding hydrogens is 224 g/mol. The summed E-state index contributed by atoms with van der Waals surface area (Å²) in [6.45, 7) is 4.31. The first-order valence-electron chi connectivity index (χ1n) is 5.09. The van der Waals surface area contributed by atoms with Crippen LogP contribution in [-0.2, 0) is 0 Å². The molecule has 0 spiro atoms. The molecule has 86 valence electrons. The molecule has 1 atom stereocenters. The SMILES string of the molecule is Cc1cc(OCCC(N)C#N)cc(C)c1Cl. The lowest BCUT2D eigenvalue weighted by atomic mass is 10.1. The summed E-state index contributed by atoms with van der Waals surface area (Å²) in [5.41, 5.74) is 7.43. The van der Waals surface area contributed by atoms with E-state index in [9.17, 15) is 0 Å². The number of nitrogens with two attached hydrogens (primary N) is 1. The van der Waals surface area contributed by atoms with E-state index in [4.69, 9.17) is 27.3 Å². The number of hydrogen-bond acceptors (Lipinski definition) is 3. The quantitative estimate of drug-likeness (QED) is 0.877. The van der Waals surface area contributed by atoms with E-state index in [2.05, 4.69) is 0 Å². The van der Waals surface area contributed by atoms with Gasteiger partial charge in [0.15, 0.2) is 0 Å². The standard InChI is InChI=1S/C12H15ClN2O/c1-8-5-11(6-9(2)12(8)13)16-4-3-10(15)7-14/h5-6,10H,3-4,15H2,1-2H3. The van der Waals surface area contributed by atoms with E-state index >= 15 is 0 Å². The summed E-state index contributed by atoms with van der Waals surface area (Å²) in [6.07, 6.45) is 0.525. The van der Waals surface area contributed by atoms with Crippen molar-refractivity contribution in [3.63, 3.8) is 0 Å². The Morgan fingerprint density at radius 1 is 1.44 bits per heavy atom. The molecule has 0 saturated carbocycles. The highest BCUT2D eigenvalue weighted by molar-refractivity contribution is 6.32. The van der Waals surface area contributed by atoms with Crippen LogP contribution in [0.1, 0.15) is 17.5 Å². The van der Waals surface area contributed by atoms with Gasteiger partial charge in [0.1, 0.15) is 5.75 Å². The molecule has 0 aliphatic carbocycles. The summed E-state index contributed by atoms with van der Waals surface area (Å²) in [5, 5.41) is 9.27. The highest BCUT2D eigenvalue weighted by atomic mass is 35.5. The zero-order valence-electron chi connectivity index (χ0n) is 9.46. The first-order chi connectivity index (χ1) is 7.54. The molecule has 1 aromatic carbocycles. The monoisotopic (exact) mass is 238 g/mol. The minimum Gasteiger partial charge on any atom is -0.493 e. The van der Waals surface area contributed by atoms with Gasteiger partial charge in [0.25, 0.3) is 0 Å². The molecule has 0 aliphatic heterocycles. The summed E-state index contributed by atoms with van der Waals surface area (Å²) < 4.78 is 5.51. The van der Waals surface area contributed by atoms with Crippen LogP contribution in [0.15, 0.2) is 12.1 Å². The summed E-state index contributed by atoms with van der Waals surface area (Å²) in [6, 6.07) is 5.26. The van der Waals surface area contributed by atoms with Gasteiger partial charge >= 0.3 is 0 Å². The van der Waals surface area contributed by atoms with Crippen LogP contribution in [0.5, 0.6) is 5.75 Å². The van der Waals surface area contributed by atoms with E-state index in [0.717, 1.165) is 21.9 Å². The van der Waals surface area contributed by atoms with Crippen molar-refractivity contribution in [3.05, 3.63) is 28.3 Å². The molecule has 1 unspecified atom stereocenters. The van der Waals surface area contributed by atoms with Crippen LogP contribution in [0.2, 0.25) is 5.02 Å². The Morgan fingerprint density at radius 3 is 2.50 bits per heavy atom. The van der Waals surface area contributed by atoms with Gasteiger partial charge in [0.2, 0.25) is 0 Å². The minimum atomic E-state index is -0.463. The van der Waals surface area contributed by atoms with Gasteiger partial charge in [-0.25, -0.2) is 0 Å². The highest BCUT2D eigenvalue weighted by Crippen LogP contribution is 2.25. The highest BCUT2D eigenvalue weighted by Gasteiger charge is 2.04. The molecule has 2 N–H and O–H groups in total. The van der Waals surface area contributed by atoms with Crippen LogP contribution < -0.4 is 10.5 Å². The number of rotatable bonds is 4. The molecule has 0 saturated heterocycles. The first kappa shape index (κ1) is 12.8. The molecule has 0 amide bonds. The minimum absolute atomic E-state index is 0.440. The third kappa shape index (κ3) is 3.41. The predicted octanol–water partition coefficient (Wildman–Crippen LogP) is 2.58. The zero-order valence-corrected chi connectivity index (χ0v) is 10.2. The van der Waals surface area contributed by atoms with E-state index < -0.39 is 6.04 Å². The maximum Gasteiger partial charge on any atom is 0.119 e. The molecule has 0 radical (unpaired) electrons. The Kier molecular flexibility index (Phi) is 4.60. The van der Waals surface area contributed by atoms with Crippen LogP contribution in [-0.4, -0.2) is 12.6 Å². The molecule has 0 heterocycles. The Labute approximate surface area is 101 Å². The third-order valence-corrected chi connectivity index (χ3v) is 2.87. The van der Waals surface area contributed by atoms with Crippen molar-refractivity contribution in [2.24, 2.45) is 5.73 Å². The van der Waals surface area contributed by atoms with Crippen molar-refractivity contribution in [2.75, 3.05) is 6.61 Å². The number of halogens is 1. The predicted molar refractivity (Wildman–Crippen MR) is 64.6 cm³/mol. The van der Waals surface area contributed by atoms with E-state index in [1.165, 1.54) is 0 Å². The Hall–Kier alpha value is -1.24. The smallest absolute Gasteiger partial charge is 0.119 e. The van der Waals surface area contributed by atoms with Crippen molar-refractivity contribution in [3.8, 4) is 11.8 Å². The van der Waals surface area contributed by atoms with Crippen molar-refractivity contribution >= 4 is 11.6 Å². The van der Waals surface area contributed by atoms with Gasteiger partial charge in [0.05, 0.1) is 18.7 Å². The molecular formula is C12H15ClN2O. The topological polar surface area (TPSA) is 59.0 Å². The van der Waals surface area contributed by atoms with Gasteiger partial charge in [-0.15, -0.1) is 0 Å². The third-order valence-electron chi connectivity index (χ3n) is 2.27. The lowest BCUT2D eigenvalue weighted by Crippen LogP contribution is -2.20. The fourth-order valence-electron chi connectivity index (χ4n) is 1.36. The number of nitriles is 1. The summed E-state index contributed by atoms with van der Waals surface area (Å²) >= 11 is 6.04. The van der Waals surface area contributed by atoms with Crippen LogP contribution in [0.25, 0.3) is 0 Å². The summed E-state index contributed by atoms with van der Waals surface area (Å²) in [4.78, 5) is 0. The number of ether oxygens (including phenoxy) is 1. The second kappa shape index (κ2) is 5.74. The van der Waals surface area contributed by atoms with Crippen molar-refractivity contribution in [1.82, 2.24) is 0 Å². The van der Waals surface area contributed by atoms with Crippen LogP contribution in [0.4, 0.5) is 0 Å². The Balaban J connectivity index is 2.59. The van der Waals surface area contributed by atoms with Gasteiger partial charge in [-0.2, -0.15) is 5.26 Å². The molecule has 3 nitrogen and oxygen atoms in total. The fourth-order valence-corrected chi connectivity index (χ4v) is 1.47. The summed E-state index contributed by atoms with van der Waals surface area (Å²) in [5.74, 6) is 0.768. The average Bonchev–Trinajstić information content (AvgIpc) is 2.25. The van der Waals surface area contributed by atoms with E-state index in [1.807, 2.05) is 32.0 Å². The second-order valence-corrected chi connectivity index (χ2v) is 4.12. The lowest BCUT2D eigenvalue weighted by Gasteiger charge is -2.10. The number of benzene rings is 1. The molecule has 1 aromatic rings. The van der Waals surface area contributed by atoms with Gasteiger partial charge < -0.3 is 10.5 Å². The molecule has 0 bridgehead atoms. The maximum atomic E-state index is 8.51. The van der Waals surface area contributed by atoms with Gasteiger partial charge in [-0.1, -0.05) is 11.6 Å². The van der Waals surface area contributed by atoms with Gasteiger partial charge in [-0.3, -0.25) is 0 Å². The van der Waals surface area contributed by atoms with Crippen LogP contribution in [0, 0.1) is 25.2 Å². The number of nitrogens with zero attached hydrogens (tertiary/aromatic N) is 1. The van der Waals surface area contributed by atoms with Gasteiger partial charge in [-0.05, 0) is 37.1 Å². The molecule has 4 heteroatoms. The number of aryl methyl sites for hydroxylation is 2. The lowest BCUT2D eigenvalue weighted by molar-refractivity contribution is 0.306. The van der Waals surface area contributed by atoms with Crippen molar-refractivity contribution in [2.45, 2.75) is 26.3 Å². The summed E-state index contributed by atoms with van der Waals surface area (Å²) in [7, 11) is 0. The van der Waals surface area contributed by atoms with E-state index in [1.54, 1.807) is 0 Å².